The van der Waals surface area contributed by atoms with E-state index < -0.39 is 0 Å². The van der Waals surface area contributed by atoms with Crippen LogP contribution >= 0.6 is 15.9 Å². The van der Waals surface area contributed by atoms with Crippen molar-refractivity contribution in [1.82, 2.24) is 34.2 Å². The number of halogens is 1. The Balaban J connectivity index is 1.40. The van der Waals surface area contributed by atoms with E-state index in [9.17, 15) is 4.79 Å². The van der Waals surface area contributed by atoms with E-state index in [2.05, 4.69) is 41.5 Å². The summed E-state index contributed by atoms with van der Waals surface area (Å²) in [5.41, 5.74) is 5.42. The summed E-state index contributed by atoms with van der Waals surface area (Å²) in [5, 5.41) is 16.2. The molecule has 0 aliphatic carbocycles. The van der Waals surface area contributed by atoms with Gasteiger partial charge in [-0.05, 0) is 53.5 Å². The molecule has 0 saturated heterocycles. The first kappa shape index (κ1) is 21.1. The third kappa shape index (κ3) is 4.17. The number of aromatic nitrogens is 7. The quantitative estimate of drug-likeness (QED) is 0.374. The van der Waals surface area contributed by atoms with Gasteiger partial charge in [0.25, 0.3) is 5.91 Å². The van der Waals surface area contributed by atoms with Crippen LogP contribution in [0.25, 0.3) is 16.9 Å². The standard InChI is InChI=1S/C23H21BrN8O/c1-3-31-15(2)19(12-27-31)21-7-8-25-22-10-20(29-32(21)22)23(33)28-18-6-4-5-16(9-18)13-30-14-17(24)11-26-30/h4-12,14H,3,13H2,1-2H3,(H,28,33). The summed E-state index contributed by atoms with van der Waals surface area (Å²) >= 11 is 3.40. The lowest BCUT2D eigenvalue weighted by Crippen LogP contribution is -2.13. The molecule has 5 rings (SSSR count). The van der Waals surface area contributed by atoms with Crippen molar-refractivity contribution in [2.45, 2.75) is 26.9 Å². The molecule has 10 heteroatoms. The van der Waals surface area contributed by atoms with Crippen molar-refractivity contribution in [1.29, 1.82) is 0 Å². The normalized spacial score (nSPS) is 11.2. The Hall–Kier alpha value is -3.79. The molecular weight excluding hydrogens is 484 g/mol. The first-order valence-electron chi connectivity index (χ1n) is 10.5. The molecule has 4 heterocycles. The monoisotopic (exact) mass is 504 g/mol. The molecule has 0 spiro atoms. The van der Waals surface area contributed by atoms with Gasteiger partial charge in [-0.3, -0.25) is 14.2 Å². The van der Waals surface area contributed by atoms with Crippen LogP contribution in [0.15, 0.2) is 65.7 Å². The van der Waals surface area contributed by atoms with Gasteiger partial charge >= 0.3 is 0 Å². The lowest BCUT2D eigenvalue weighted by Gasteiger charge is -2.07. The Labute approximate surface area is 198 Å². The predicted molar refractivity (Wildman–Crippen MR) is 128 cm³/mol. The summed E-state index contributed by atoms with van der Waals surface area (Å²) in [6, 6.07) is 11.2. The van der Waals surface area contributed by atoms with Gasteiger partial charge in [-0.2, -0.15) is 15.3 Å². The molecule has 1 amide bonds. The van der Waals surface area contributed by atoms with Crippen LogP contribution in [0.3, 0.4) is 0 Å². The smallest absolute Gasteiger partial charge is 0.276 e. The van der Waals surface area contributed by atoms with E-state index in [0.717, 1.165) is 33.5 Å². The maximum Gasteiger partial charge on any atom is 0.276 e. The van der Waals surface area contributed by atoms with Gasteiger partial charge in [-0.1, -0.05) is 12.1 Å². The first-order chi connectivity index (χ1) is 16.0. The van der Waals surface area contributed by atoms with Gasteiger partial charge in [-0.15, -0.1) is 0 Å². The molecule has 1 aromatic carbocycles. The van der Waals surface area contributed by atoms with E-state index in [1.807, 2.05) is 65.9 Å². The van der Waals surface area contributed by atoms with E-state index in [4.69, 9.17) is 0 Å². The van der Waals surface area contributed by atoms with Gasteiger partial charge in [0.05, 0.1) is 29.1 Å². The fourth-order valence-electron chi connectivity index (χ4n) is 3.78. The molecule has 0 saturated carbocycles. The van der Waals surface area contributed by atoms with Crippen molar-refractivity contribution in [3.63, 3.8) is 0 Å². The maximum atomic E-state index is 13.0. The number of amides is 1. The highest BCUT2D eigenvalue weighted by Gasteiger charge is 2.17. The zero-order valence-electron chi connectivity index (χ0n) is 18.1. The van der Waals surface area contributed by atoms with Crippen molar-refractivity contribution < 1.29 is 4.79 Å². The number of anilines is 1. The van der Waals surface area contributed by atoms with Crippen molar-refractivity contribution in [2.24, 2.45) is 0 Å². The third-order valence-corrected chi connectivity index (χ3v) is 5.81. The molecule has 9 nitrogen and oxygen atoms in total. The van der Waals surface area contributed by atoms with Crippen LogP contribution in [0.4, 0.5) is 5.69 Å². The molecule has 0 atom stereocenters. The summed E-state index contributed by atoms with van der Waals surface area (Å²) in [5.74, 6) is -0.300. The minimum atomic E-state index is -0.300. The van der Waals surface area contributed by atoms with E-state index in [0.29, 0.717) is 17.9 Å². The second-order valence-corrected chi connectivity index (χ2v) is 8.52. The average Bonchev–Trinajstić information content (AvgIpc) is 3.52. The molecule has 5 aromatic rings. The molecule has 166 valence electrons. The van der Waals surface area contributed by atoms with E-state index in [1.54, 1.807) is 23.0 Å². The van der Waals surface area contributed by atoms with Gasteiger partial charge in [0.1, 0.15) is 0 Å². The molecule has 0 fully saturated rings. The van der Waals surface area contributed by atoms with Crippen LogP contribution in [0.1, 0.15) is 28.7 Å². The van der Waals surface area contributed by atoms with Crippen molar-refractivity contribution in [2.75, 3.05) is 5.32 Å². The SMILES string of the molecule is CCn1ncc(-c2ccnc3cc(C(=O)Nc4cccc(Cn5cc(Br)cn5)c4)nn23)c1C. The number of hydrogen-bond donors (Lipinski definition) is 1. The zero-order chi connectivity index (χ0) is 22.9. The molecule has 0 aliphatic rings. The Kier molecular flexibility index (Phi) is 5.51. The predicted octanol–water partition coefficient (Wildman–Crippen LogP) is 4.18. The average molecular weight is 505 g/mol. The highest BCUT2D eigenvalue weighted by atomic mass is 79.9. The van der Waals surface area contributed by atoms with Crippen LogP contribution < -0.4 is 5.32 Å². The van der Waals surface area contributed by atoms with Crippen molar-refractivity contribution >= 4 is 33.2 Å². The number of nitrogens with zero attached hydrogens (tertiary/aromatic N) is 7. The number of aryl methyl sites for hydroxylation is 1. The molecule has 0 bridgehead atoms. The Morgan fingerprint density at radius 2 is 2.03 bits per heavy atom. The lowest BCUT2D eigenvalue weighted by molar-refractivity contribution is 0.102. The van der Waals surface area contributed by atoms with Crippen LogP contribution in [-0.4, -0.2) is 40.1 Å². The maximum absolute atomic E-state index is 13.0. The van der Waals surface area contributed by atoms with E-state index in [1.165, 1.54) is 0 Å². The van der Waals surface area contributed by atoms with Gasteiger partial charge < -0.3 is 5.32 Å². The Morgan fingerprint density at radius 3 is 2.79 bits per heavy atom. The van der Waals surface area contributed by atoms with Gasteiger partial charge in [-0.25, -0.2) is 9.50 Å². The summed E-state index contributed by atoms with van der Waals surface area (Å²) in [4.78, 5) is 17.3. The number of carbonyl (C=O) groups excluding carboxylic acids is 1. The number of fused-ring (bicyclic) bond motifs is 1. The molecule has 4 aromatic heterocycles. The fraction of sp³-hybridized carbons (Fsp3) is 0.174. The second kappa shape index (κ2) is 8.62. The molecule has 1 N–H and O–H groups in total. The van der Waals surface area contributed by atoms with Gasteiger partial charge in [0, 0.05) is 41.9 Å². The Bertz CT molecular complexity index is 1460. The van der Waals surface area contributed by atoms with Crippen molar-refractivity contribution in [3.8, 4) is 11.3 Å². The second-order valence-electron chi connectivity index (χ2n) is 7.60. The highest BCUT2D eigenvalue weighted by Crippen LogP contribution is 2.24. The molecule has 0 aliphatic heterocycles. The van der Waals surface area contributed by atoms with E-state index >= 15 is 0 Å². The summed E-state index contributed by atoms with van der Waals surface area (Å²) in [7, 11) is 0. The Morgan fingerprint density at radius 1 is 1.15 bits per heavy atom. The van der Waals surface area contributed by atoms with Gasteiger partial charge in [0.2, 0.25) is 0 Å². The zero-order valence-corrected chi connectivity index (χ0v) is 19.7. The summed E-state index contributed by atoms with van der Waals surface area (Å²) in [6.45, 7) is 5.45. The number of nitrogens with one attached hydrogen (secondary N) is 1. The topological polar surface area (TPSA) is 94.9 Å². The van der Waals surface area contributed by atoms with Gasteiger partial charge in [0.15, 0.2) is 11.3 Å². The van der Waals surface area contributed by atoms with Crippen LogP contribution in [0, 0.1) is 6.92 Å². The van der Waals surface area contributed by atoms with Crippen molar-refractivity contribution in [3.05, 3.63) is 82.6 Å². The largest absolute Gasteiger partial charge is 0.321 e. The summed E-state index contributed by atoms with van der Waals surface area (Å²) in [6.07, 6.45) is 7.18. The minimum Gasteiger partial charge on any atom is -0.321 e. The van der Waals surface area contributed by atoms with E-state index in [-0.39, 0.29) is 11.6 Å². The third-order valence-electron chi connectivity index (χ3n) is 5.40. The first-order valence-corrected chi connectivity index (χ1v) is 11.3. The van der Waals surface area contributed by atoms with Crippen LogP contribution in [0.2, 0.25) is 0 Å². The number of benzene rings is 1. The minimum absolute atomic E-state index is 0.289. The molecule has 0 unspecified atom stereocenters. The molecule has 0 radical (unpaired) electrons. The summed E-state index contributed by atoms with van der Waals surface area (Å²) < 4.78 is 6.35. The molecule has 33 heavy (non-hydrogen) atoms. The molecular formula is C23H21BrN8O. The van der Waals surface area contributed by atoms with Crippen LogP contribution in [-0.2, 0) is 13.1 Å². The van der Waals surface area contributed by atoms with Crippen LogP contribution in [0.5, 0.6) is 0 Å². The fourth-order valence-corrected chi connectivity index (χ4v) is 4.11. The number of carbonyl (C=O) groups is 1. The highest BCUT2D eigenvalue weighted by molar-refractivity contribution is 9.10. The number of hydrogen-bond acceptors (Lipinski definition) is 5. The number of rotatable bonds is 6. The lowest BCUT2D eigenvalue weighted by atomic mass is 10.2.